The Kier molecular flexibility index (Phi) is 4.93. The maximum atomic E-state index is 11.4. The second-order valence-electron chi connectivity index (χ2n) is 4.90. The van der Waals surface area contributed by atoms with E-state index in [1.54, 1.807) is 0 Å². The van der Waals surface area contributed by atoms with Gasteiger partial charge in [0.2, 0.25) is 5.91 Å². The smallest absolute Gasteiger partial charge is 0.309 e. The Morgan fingerprint density at radius 1 is 1.47 bits per heavy atom. The molecule has 98 valence electrons. The molecule has 0 bridgehead atoms. The summed E-state index contributed by atoms with van der Waals surface area (Å²) in [5.41, 5.74) is 5.33. The number of rotatable bonds is 4. The molecule has 1 aliphatic heterocycles. The van der Waals surface area contributed by atoms with Gasteiger partial charge in [0, 0.05) is 19.1 Å². The van der Waals surface area contributed by atoms with Crippen molar-refractivity contribution in [1.82, 2.24) is 4.90 Å². The molecule has 0 spiro atoms. The van der Waals surface area contributed by atoms with Crippen LogP contribution in [0.4, 0.5) is 0 Å². The summed E-state index contributed by atoms with van der Waals surface area (Å²) >= 11 is 0. The van der Waals surface area contributed by atoms with E-state index in [9.17, 15) is 9.59 Å². The van der Waals surface area contributed by atoms with Gasteiger partial charge < -0.3 is 10.5 Å². The molecular weight excluding hydrogens is 220 g/mol. The van der Waals surface area contributed by atoms with Gasteiger partial charge in [-0.25, -0.2) is 0 Å². The van der Waals surface area contributed by atoms with Gasteiger partial charge in [-0.1, -0.05) is 6.92 Å². The topological polar surface area (TPSA) is 72.6 Å². The lowest BCUT2D eigenvalue weighted by molar-refractivity contribution is -0.145. The third-order valence-corrected chi connectivity index (χ3v) is 3.53. The van der Waals surface area contributed by atoms with Crippen molar-refractivity contribution < 1.29 is 14.3 Å². The number of ether oxygens (including phenoxy) is 1. The van der Waals surface area contributed by atoms with E-state index in [1.165, 1.54) is 7.11 Å². The number of esters is 1. The van der Waals surface area contributed by atoms with Crippen molar-refractivity contribution in [2.24, 2.45) is 17.6 Å². The molecule has 0 radical (unpaired) electrons. The molecule has 0 aromatic heterocycles. The molecule has 1 rings (SSSR count). The largest absolute Gasteiger partial charge is 0.469 e. The van der Waals surface area contributed by atoms with Gasteiger partial charge >= 0.3 is 5.97 Å². The highest BCUT2D eigenvalue weighted by Gasteiger charge is 2.30. The first-order chi connectivity index (χ1) is 7.95. The average Bonchev–Trinajstić information content (AvgIpc) is 2.30. The number of nitrogens with two attached hydrogens (primary N) is 1. The quantitative estimate of drug-likeness (QED) is 0.723. The van der Waals surface area contributed by atoms with Crippen LogP contribution >= 0.6 is 0 Å². The number of methoxy groups -OCH3 is 1. The highest BCUT2D eigenvalue weighted by molar-refractivity contribution is 5.77. The first kappa shape index (κ1) is 14.0. The van der Waals surface area contributed by atoms with Crippen molar-refractivity contribution >= 4 is 11.9 Å². The number of piperidine rings is 1. The molecule has 17 heavy (non-hydrogen) atoms. The molecule has 1 heterocycles. The van der Waals surface area contributed by atoms with E-state index in [4.69, 9.17) is 10.5 Å². The number of carbonyl (C=O) groups excluding carboxylic acids is 2. The van der Waals surface area contributed by atoms with Crippen molar-refractivity contribution in [3.8, 4) is 0 Å². The molecule has 1 saturated heterocycles. The van der Waals surface area contributed by atoms with Crippen LogP contribution in [0.3, 0.4) is 0 Å². The molecule has 1 aliphatic rings. The van der Waals surface area contributed by atoms with E-state index in [0.717, 1.165) is 12.8 Å². The van der Waals surface area contributed by atoms with Crippen LogP contribution in [0.1, 0.15) is 26.7 Å². The van der Waals surface area contributed by atoms with Crippen LogP contribution in [0.25, 0.3) is 0 Å². The fourth-order valence-electron chi connectivity index (χ4n) is 2.29. The first-order valence-corrected chi connectivity index (χ1v) is 6.06. The lowest BCUT2D eigenvalue weighted by Crippen LogP contribution is -2.48. The second-order valence-corrected chi connectivity index (χ2v) is 4.90. The normalized spacial score (nSPS) is 27.5. The number of hydrogen-bond acceptors (Lipinski definition) is 4. The van der Waals surface area contributed by atoms with Crippen molar-refractivity contribution in [1.29, 1.82) is 0 Å². The molecule has 5 heteroatoms. The Hall–Kier alpha value is -1.10. The highest BCUT2D eigenvalue weighted by atomic mass is 16.5. The van der Waals surface area contributed by atoms with Gasteiger partial charge in [-0.15, -0.1) is 0 Å². The lowest BCUT2D eigenvalue weighted by Gasteiger charge is -2.37. The molecule has 0 aromatic carbocycles. The lowest BCUT2D eigenvalue weighted by atomic mass is 9.92. The van der Waals surface area contributed by atoms with Gasteiger partial charge in [0.15, 0.2) is 0 Å². The standard InChI is InChI=1S/C12H22N2O3/c1-8(12(16)17-3)6-14-7-10(11(13)15)5-4-9(14)2/h8-10H,4-7H2,1-3H3,(H2,13,15). The van der Waals surface area contributed by atoms with E-state index in [0.29, 0.717) is 19.1 Å². The Bertz CT molecular complexity index is 293. The zero-order chi connectivity index (χ0) is 13.0. The molecular formula is C12H22N2O3. The maximum absolute atomic E-state index is 11.4. The van der Waals surface area contributed by atoms with Crippen LogP contribution in [-0.4, -0.2) is 43.0 Å². The zero-order valence-electron chi connectivity index (χ0n) is 10.8. The minimum atomic E-state index is -0.243. The van der Waals surface area contributed by atoms with Crippen LogP contribution in [0.5, 0.6) is 0 Å². The number of amides is 1. The summed E-state index contributed by atoms with van der Waals surface area (Å²) in [6.07, 6.45) is 1.79. The Morgan fingerprint density at radius 3 is 2.65 bits per heavy atom. The number of hydrogen-bond donors (Lipinski definition) is 1. The van der Waals surface area contributed by atoms with Crippen molar-refractivity contribution in [3.63, 3.8) is 0 Å². The van der Waals surface area contributed by atoms with Crippen molar-refractivity contribution in [2.75, 3.05) is 20.2 Å². The van der Waals surface area contributed by atoms with E-state index < -0.39 is 0 Å². The number of nitrogens with zero attached hydrogens (tertiary/aromatic N) is 1. The summed E-state index contributed by atoms with van der Waals surface area (Å²) in [4.78, 5) is 24.7. The molecule has 3 atom stereocenters. The van der Waals surface area contributed by atoms with Crippen LogP contribution < -0.4 is 5.73 Å². The van der Waals surface area contributed by atoms with Crippen LogP contribution in [0.2, 0.25) is 0 Å². The van der Waals surface area contributed by atoms with E-state index in [2.05, 4.69) is 11.8 Å². The second kappa shape index (κ2) is 6.00. The zero-order valence-corrected chi connectivity index (χ0v) is 10.8. The summed E-state index contributed by atoms with van der Waals surface area (Å²) in [7, 11) is 1.39. The molecule has 0 aliphatic carbocycles. The Balaban J connectivity index is 2.55. The fraction of sp³-hybridized carbons (Fsp3) is 0.833. The molecule has 0 aromatic rings. The van der Waals surface area contributed by atoms with Crippen molar-refractivity contribution in [3.05, 3.63) is 0 Å². The third kappa shape index (κ3) is 3.70. The fourth-order valence-corrected chi connectivity index (χ4v) is 2.29. The Morgan fingerprint density at radius 2 is 2.12 bits per heavy atom. The SMILES string of the molecule is COC(=O)C(C)CN1CC(C(N)=O)CCC1C. The summed E-state index contributed by atoms with van der Waals surface area (Å²) in [6.45, 7) is 5.23. The maximum Gasteiger partial charge on any atom is 0.309 e. The minimum Gasteiger partial charge on any atom is -0.469 e. The number of likely N-dealkylation sites (tertiary alicyclic amines) is 1. The predicted molar refractivity (Wildman–Crippen MR) is 64.1 cm³/mol. The van der Waals surface area contributed by atoms with Crippen LogP contribution in [0.15, 0.2) is 0 Å². The van der Waals surface area contributed by atoms with Gasteiger partial charge in [0.25, 0.3) is 0 Å². The summed E-state index contributed by atoms with van der Waals surface area (Å²) < 4.78 is 4.71. The number of carbonyl (C=O) groups is 2. The van der Waals surface area contributed by atoms with Gasteiger partial charge in [-0.05, 0) is 19.8 Å². The highest BCUT2D eigenvalue weighted by Crippen LogP contribution is 2.22. The monoisotopic (exact) mass is 242 g/mol. The van der Waals surface area contributed by atoms with Crippen LogP contribution in [-0.2, 0) is 14.3 Å². The average molecular weight is 242 g/mol. The molecule has 5 nitrogen and oxygen atoms in total. The molecule has 1 fully saturated rings. The minimum absolute atomic E-state index is 0.0870. The summed E-state index contributed by atoms with van der Waals surface area (Å²) in [6, 6.07) is 0.387. The van der Waals surface area contributed by atoms with Gasteiger partial charge in [-0.2, -0.15) is 0 Å². The molecule has 1 amide bonds. The Labute approximate surface area is 102 Å². The van der Waals surface area contributed by atoms with Gasteiger partial charge in [-0.3, -0.25) is 14.5 Å². The summed E-state index contributed by atoms with van der Waals surface area (Å²) in [5.74, 6) is -0.712. The van der Waals surface area contributed by atoms with E-state index in [1.807, 2.05) is 6.92 Å². The summed E-state index contributed by atoms with van der Waals surface area (Å²) in [5, 5.41) is 0. The molecule has 0 saturated carbocycles. The van der Waals surface area contributed by atoms with E-state index >= 15 is 0 Å². The number of primary amides is 1. The third-order valence-electron chi connectivity index (χ3n) is 3.53. The molecule has 3 unspecified atom stereocenters. The van der Waals surface area contributed by atoms with Gasteiger partial charge in [0.1, 0.15) is 0 Å². The molecule has 2 N–H and O–H groups in total. The predicted octanol–water partition coefficient (Wildman–Crippen LogP) is 0.381. The van der Waals surface area contributed by atoms with Crippen molar-refractivity contribution in [2.45, 2.75) is 32.7 Å². The van der Waals surface area contributed by atoms with Crippen LogP contribution in [0, 0.1) is 11.8 Å². The van der Waals surface area contributed by atoms with Gasteiger partial charge in [0.05, 0.1) is 18.9 Å². The van der Waals surface area contributed by atoms with E-state index in [-0.39, 0.29) is 23.7 Å². The first-order valence-electron chi connectivity index (χ1n) is 6.06.